The second-order valence-electron chi connectivity index (χ2n) is 7.20. The number of carbonyl (C=O) groups excluding carboxylic acids is 1. The molecule has 0 N–H and O–H groups in total. The van der Waals surface area contributed by atoms with Gasteiger partial charge in [-0.1, -0.05) is 12.1 Å². The summed E-state index contributed by atoms with van der Waals surface area (Å²) in [5.41, 5.74) is 2.41. The minimum Gasteiger partial charge on any atom is -0.359 e. The molecule has 3 heterocycles. The van der Waals surface area contributed by atoms with E-state index >= 15 is 0 Å². The van der Waals surface area contributed by atoms with Crippen LogP contribution in [0.15, 0.2) is 32.1 Å². The highest BCUT2D eigenvalue weighted by molar-refractivity contribution is 9.10. The van der Waals surface area contributed by atoms with E-state index < -0.39 is 10.0 Å². The molecule has 2 aliphatic heterocycles. The van der Waals surface area contributed by atoms with Crippen LogP contribution in [0, 0.1) is 6.92 Å². The van der Waals surface area contributed by atoms with E-state index in [-0.39, 0.29) is 16.8 Å². The number of aromatic nitrogens is 1. The summed E-state index contributed by atoms with van der Waals surface area (Å²) < 4.78 is 34.4. The van der Waals surface area contributed by atoms with E-state index in [1.54, 1.807) is 17.0 Å². The maximum atomic E-state index is 13.5. The third-order valence-electron chi connectivity index (χ3n) is 5.40. The van der Waals surface area contributed by atoms with Gasteiger partial charge in [0.1, 0.15) is 0 Å². The molecule has 2 aliphatic rings. The predicted octanol–water partition coefficient (Wildman–Crippen LogP) is 3.57. The standard InChI is InChI=1S/C19H22BrN3O4S/c1-3-19(24)22-8-6-13-10-14(20)18(11-16(13)22)28(25,26)23-7-4-5-15(23)17-9-12(2)21-27-17/h9-11,15H,3-8H2,1-2H3. The Balaban J connectivity index is 1.74. The van der Waals surface area contributed by atoms with Gasteiger partial charge in [0, 0.05) is 35.7 Å². The molecule has 7 nitrogen and oxygen atoms in total. The minimum absolute atomic E-state index is 0.000560. The van der Waals surface area contributed by atoms with E-state index in [0.29, 0.717) is 41.9 Å². The number of anilines is 1. The molecule has 1 unspecified atom stereocenters. The normalized spacial score (nSPS) is 20.0. The van der Waals surface area contributed by atoms with Gasteiger partial charge in [0.2, 0.25) is 15.9 Å². The Labute approximate surface area is 172 Å². The van der Waals surface area contributed by atoms with E-state index in [2.05, 4.69) is 21.1 Å². The highest BCUT2D eigenvalue weighted by atomic mass is 79.9. The largest absolute Gasteiger partial charge is 0.359 e. The SMILES string of the molecule is CCC(=O)N1CCc2cc(Br)c(S(=O)(=O)N3CCCC3c3cc(C)no3)cc21. The summed E-state index contributed by atoms with van der Waals surface area (Å²) in [6.45, 7) is 4.64. The lowest BCUT2D eigenvalue weighted by Gasteiger charge is -2.24. The van der Waals surface area contributed by atoms with Crippen LogP contribution in [0.1, 0.15) is 49.2 Å². The zero-order valence-electron chi connectivity index (χ0n) is 15.8. The monoisotopic (exact) mass is 467 g/mol. The molecule has 0 saturated carbocycles. The number of sulfonamides is 1. The van der Waals surface area contributed by atoms with Gasteiger partial charge in [0.05, 0.1) is 16.6 Å². The van der Waals surface area contributed by atoms with Crippen LogP contribution in [0.4, 0.5) is 5.69 Å². The number of carbonyl (C=O) groups is 1. The average Bonchev–Trinajstić information content (AvgIpc) is 3.38. The number of halogens is 1. The van der Waals surface area contributed by atoms with Crippen LogP contribution in [0.25, 0.3) is 0 Å². The summed E-state index contributed by atoms with van der Waals surface area (Å²) >= 11 is 3.44. The first kappa shape index (κ1) is 19.6. The quantitative estimate of drug-likeness (QED) is 0.685. The van der Waals surface area contributed by atoms with Gasteiger partial charge in [0.15, 0.2) is 5.76 Å². The molecule has 2 aromatic rings. The van der Waals surface area contributed by atoms with Crippen molar-refractivity contribution in [2.75, 3.05) is 18.0 Å². The van der Waals surface area contributed by atoms with Crippen LogP contribution in [-0.2, 0) is 21.2 Å². The molecule has 1 aromatic heterocycles. The summed E-state index contributed by atoms with van der Waals surface area (Å²) in [4.78, 5) is 14.1. The average molecular weight is 468 g/mol. The first-order valence-corrected chi connectivity index (χ1v) is 11.6. The number of hydrogen-bond donors (Lipinski definition) is 0. The summed E-state index contributed by atoms with van der Waals surface area (Å²) in [6, 6.07) is 4.89. The number of amides is 1. The second-order valence-corrected chi connectivity index (χ2v) is 9.92. The van der Waals surface area contributed by atoms with Crippen LogP contribution in [-0.4, -0.2) is 36.9 Å². The third-order valence-corrected chi connectivity index (χ3v) is 8.26. The highest BCUT2D eigenvalue weighted by Crippen LogP contribution is 2.41. The van der Waals surface area contributed by atoms with Crippen molar-refractivity contribution in [3.05, 3.63) is 39.7 Å². The molecule has 0 spiro atoms. The fourth-order valence-electron chi connectivity index (χ4n) is 4.01. The molecule has 0 aliphatic carbocycles. The Morgan fingerprint density at radius 3 is 2.79 bits per heavy atom. The summed E-state index contributed by atoms with van der Waals surface area (Å²) in [6.07, 6.45) is 2.56. The van der Waals surface area contributed by atoms with Crippen LogP contribution >= 0.6 is 15.9 Å². The van der Waals surface area contributed by atoms with Crippen LogP contribution in [0.2, 0.25) is 0 Å². The minimum atomic E-state index is -3.77. The van der Waals surface area contributed by atoms with Gasteiger partial charge in [-0.3, -0.25) is 4.79 Å². The maximum absolute atomic E-state index is 13.5. The number of hydrogen-bond acceptors (Lipinski definition) is 5. The van der Waals surface area contributed by atoms with E-state index in [0.717, 1.165) is 24.1 Å². The fraction of sp³-hybridized carbons (Fsp3) is 0.474. The Hall–Kier alpha value is -1.71. The summed E-state index contributed by atoms with van der Waals surface area (Å²) in [5, 5.41) is 3.90. The van der Waals surface area contributed by atoms with Crippen LogP contribution in [0.3, 0.4) is 0 Å². The topological polar surface area (TPSA) is 83.7 Å². The van der Waals surface area contributed by atoms with Crippen molar-refractivity contribution in [2.45, 2.75) is 50.5 Å². The van der Waals surface area contributed by atoms with Gasteiger partial charge >= 0.3 is 0 Å². The molecular formula is C19H22BrN3O4S. The van der Waals surface area contributed by atoms with Crippen molar-refractivity contribution in [1.82, 2.24) is 9.46 Å². The molecule has 0 radical (unpaired) electrons. The molecule has 1 fully saturated rings. The fourth-order valence-corrected chi connectivity index (χ4v) is 6.75. The zero-order valence-corrected chi connectivity index (χ0v) is 18.2. The van der Waals surface area contributed by atoms with Gasteiger partial charge < -0.3 is 9.42 Å². The van der Waals surface area contributed by atoms with Crippen molar-refractivity contribution in [3.63, 3.8) is 0 Å². The van der Waals surface area contributed by atoms with E-state index in [1.165, 1.54) is 4.31 Å². The van der Waals surface area contributed by atoms with Crippen molar-refractivity contribution in [1.29, 1.82) is 0 Å². The summed E-state index contributed by atoms with van der Waals surface area (Å²) in [5.74, 6) is 0.569. The van der Waals surface area contributed by atoms with Crippen LogP contribution < -0.4 is 4.90 Å². The van der Waals surface area contributed by atoms with Crippen molar-refractivity contribution < 1.29 is 17.7 Å². The lowest BCUT2D eigenvalue weighted by atomic mass is 10.2. The second kappa shape index (κ2) is 7.27. The van der Waals surface area contributed by atoms with Crippen molar-refractivity contribution in [3.8, 4) is 0 Å². The van der Waals surface area contributed by atoms with Crippen molar-refractivity contribution >= 4 is 37.5 Å². The van der Waals surface area contributed by atoms with Crippen LogP contribution in [0.5, 0.6) is 0 Å². The predicted molar refractivity (Wildman–Crippen MR) is 108 cm³/mol. The first-order valence-electron chi connectivity index (χ1n) is 9.40. The Kier molecular flexibility index (Phi) is 5.09. The van der Waals surface area contributed by atoms with E-state index in [1.807, 2.05) is 19.9 Å². The number of nitrogens with zero attached hydrogens (tertiary/aromatic N) is 3. The third kappa shape index (κ3) is 3.19. The number of benzene rings is 1. The lowest BCUT2D eigenvalue weighted by molar-refractivity contribution is -0.118. The smallest absolute Gasteiger partial charge is 0.244 e. The molecule has 28 heavy (non-hydrogen) atoms. The number of aryl methyl sites for hydroxylation is 1. The molecule has 0 bridgehead atoms. The van der Waals surface area contributed by atoms with Gasteiger partial charge in [-0.15, -0.1) is 0 Å². The molecular weight excluding hydrogens is 446 g/mol. The Morgan fingerprint density at radius 1 is 1.32 bits per heavy atom. The first-order chi connectivity index (χ1) is 13.3. The Morgan fingerprint density at radius 2 is 2.11 bits per heavy atom. The molecule has 9 heteroatoms. The molecule has 1 saturated heterocycles. The number of fused-ring (bicyclic) bond motifs is 1. The molecule has 4 rings (SSSR count). The highest BCUT2D eigenvalue weighted by Gasteiger charge is 2.40. The summed E-state index contributed by atoms with van der Waals surface area (Å²) in [7, 11) is -3.77. The molecule has 1 atom stereocenters. The zero-order chi connectivity index (χ0) is 20.1. The molecule has 1 amide bonds. The van der Waals surface area contributed by atoms with E-state index in [9.17, 15) is 13.2 Å². The lowest BCUT2D eigenvalue weighted by Crippen LogP contribution is -2.31. The molecule has 1 aromatic carbocycles. The van der Waals surface area contributed by atoms with Gasteiger partial charge in [0.25, 0.3) is 0 Å². The van der Waals surface area contributed by atoms with Crippen molar-refractivity contribution in [2.24, 2.45) is 0 Å². The van der Waals surface area contributed by atoms with Gasteiger partial charge in [-0.05, 0) is 59.8 Å². The van der Waals surface area contributed by atoms with E-state index in [4.69, 9.17) is 4.52 Å². The number of rotatable bonds is 4. The molecule has 150 valence electrons. The Bertz CT molecular complexity index is 1030. The van der Waals surface area contributed by atoms with Gasteiger partial charge in [-0.2, -0.15) is 4.31 Å². The maximum Gasteiger partial charge on any atom is 0.244 e. The van der Waals surface area contributed by atoms with Gasteiger partial charge in [-0.25, -0.2) is 8.42 Å².